The molecule has 2 atom stereocenters. The normalized spacial score (nSPS) is 17.8. The van der Waals surface area contributed by atoms with Crippen LogP contribution in [0.25, 0.3) is 0 Å². The van der Waals surface area contributed by atoms with E-state index in [1.165, 1.54) is 31.2 Å². The average molecular weight is 424 g/mol. The van der Waals surface area contributed by atoms with Crippen LogP contribution in [0.15, 0.2) is 54.6 Å². The number of hydrogen-bond donors (Lipinski definition) is 0. The topological polar surface area (TPSA) is 38.8 Å². The molecule has 0 aliphatic carbocycles. The van der Waals surface area contributed by atoms with Crippen molar-refractivity contribution in [2.75, 3.05) is 13.6 Å². The van der Waals surface area contributed by atoms with Gasteiger partial charge < -0.3 is 14.4 Å². The van der Waals surface area contributed by atoms with Gasteiger partial charge in [0.1, 0.15) is 17.6 Å². The fourth-order valence-electron chi connectivity index (χ4n) is 4.24. The molecule has 2 aromatic rings. The molecular formula is C27H37NO3. The van der Waals surface area contributed by atoms with Crippen molar-refractivity contribution in [1.82, 2.24) is 4.90 Å². The van der Waals surface area contributed by atoms with Crippen molar-refractivity contribution >= 4 is 5.97 Å². The maximum atomic E-state index is 12.0. The first-order valence-corrected chi connectivity index (χ1v) is 11.9. The molecule has 2 unspecified atom stereocenters. The molecule has 0 spiro atoms. The number of unbranched alkanes of at least 4 members (excludes halogenated alkanes) is 3. The molecule has 0 bridgehead atoms. The highest BCUT2D eigenvalue weighted by Gasteiger charge is 2.25. The third-order valence-corrected chi connectivity index (χ3v) is 6.15. The van der Waals surface area contributed by atoms with E-state index in [4.69, 9.17) is 9.47 Å². The Hall–Kier alpha value is -2.33. The molecule has 3 rings (SSSR count). The zero-order valence-corrected chi connectivity index (χ0v) is 19.1. The van der Waals surface area contributed by atoms with Gasteiger partial charge in [-0.3, -0.25) is 4.79 Å². The van der Waals surface area contributed by atoms with Gasteiger partial charge in [0.05, 0.1) is 0 Å². The van der Waals surface area contributed by atoms with E-state index in [1.807, 2.05) is 30.3 Å². The summed E-state index contributed by atoms with van der Waals surface area (Å²) in [6.07, 6.45) is 9.53. The number of piperidine rings is 1. The Labute approximate surface area is 187 Å². The van der Waals surface area contributed by atoms with E-state index in [9.17, 15) is 4.79 Å². The second-order valence-electron chi connectivity index (χ2n) is 8.64. The Kier molecular flexibility index (Phi) is 9.41. The molecule has 168 valence electrons. The highest BCUT2D eigenvalue weighted by Crippen LogP contribution is 2.31. The quantitative estimate of drug-likeness (QED) is 0.233. The van der Waals surface area contributed by atoms with E-state index in [-0.39, 0.29) is 12.1 Å². The number of nitrogens with zero attached hydrogens (tertiary/aromatic N) is 1. The fraction of sp³-hybridized carbons (Fsp3) is 0.519. The fourth-order valence-corrected chi connectivity index (χ4v) is 4.24. The molecule has 0 saturated carbocycles. The molecule has 31 heavy (non-hydrogen) atoms. The van der Waals surface area contributed by atoms with Crippen molar-refractivity contribution in [1.29, 1.82) is 0 Å². The molecule has 4 nitrogen and oxygen atoms in total. The second-order valence-corrected chi connectivity index (χ2v) is 8.64. The Morgan fingerprint density at radius 3 is 2.45 bits per heavy atom. The maximum Gasteiger partial charge on any atom is 0.311 e. The van der Waals surface area contributed by atoms with E-state index in [0.717, 1.165) is 38.0 Å². The van der Waals surface area contributed by atoms with Crippen LogP contribution in [0.5, 0.6) is 11.5 Å². The van der Waals surface area contributed by atoms with Crippen LogP contribution >= 0.6 is 0 Å². The lowest BCUT2D eigenvalue weighted by Crippen LogP contribution is -2.37. The lowest BCUT2D eigenvalue weighted by Gasteiger charge is -2.35. The number of carbonyl (C=O) groups is 1. The van der Waals surface area contributed by atoms with Crippen LogP contribution in [0.2, 0.25) is 0 Å². The van der Waals surface area contributed by atoms with Crippen molar-refractivity contribution in [2.45, 2.75) is 76.9 Å². The van der Waals surface area contributed by atoms with Crippen molar-refractivity contribution in [3.63, 3.8) is 0 Å². The number of likely N-dealkylation sites (tertiary alicyclic amines) is 1. The highest BCUT2D eigenvalue weighted by atomic mass is 16.5. The van der Waals surface area contributed by atoms with Crippen LogP contribution in [0, 0.1) is 0 Å². The Bertz CT molecular complexity index is 775. The summed E-state index contributed by atoms with van der Waals surface area (Å²) >= 11 is 0. The summed E-state index contributed by atoms with van der Waals surface area (Å²) in [6.45, 7) is 3.32. The van der Waals surface area contributed by atoms with Gasteiger partial charge in [-0.05, 0) is 62.7 Å². The van der Waals surface area contributed by atoms with Crippen LogP contribution in [-0.2, 0) is 4.79 Å². The zero-order chi connectivity index (χ0) is 21.9. The minimum atomic E-state index is -0.160. The monoisotopic (exact) mass is 423 g/mol. The lowest BCUT2D eigenvalue weighted by atomic mass is 9.94. The van der Waals surface area contributed by atoms with Gasteiger partial charge in [-0.2, -0.15) is 0 Å². The van der Waals surface area contributed by atoms with Crippen LogP contribution in [0.4, 0.5) is 0 Å². The van der Waals surface area contributed by atoms with Crippen molar-refractivity contribution in [3.8, 4) is 11.5 Å². The minimum absolute atomic E-state index is 0.00119. The number of hydrogen-bond acceptors (Lipinski definition) is 4. The third kappa shape index (κ3) is 7.70. The summed E-state index contributed by atoms with van der Waals surface area (Å²) in [5, 5.41) is 0. The molecule has 1 heterocycles. The average Bonchev–Trinajstić information content (AvgIpc) is 2.79. The first-order valence-electron chi connectivity index (χ1n) is 11.9. The molecule has 1 saturated heterocycles. The van der Waals surface area contributed by atoms with E-state index in [1.54, 1.807) is 0 Å². The van der Waals surface area contributed by atoms with E-state index in [0.29, 0.717) is 18.2 Å². The zero-order valence-electron chi connectivity index (χ0n) is 19.1. The van der Waals surface area contributed by atoms with Gasteiger partial charge in [-0.15, -0.1) is 0 Å². The molecule has 0 amide bonds. The van der Waals surface area contributed by atoms with Gasteiger partial charge in [0.2, 0.25) is 0 Å². The summed E-state index contributed by atoms with van der Waals surface area (Å²) in [5.41, 5.74) is 1.20. The second kappa shape index (κ2) is 12.5. The van der Waals surface area contributed by atoms with Crippen LogP contribution < -0.4 is 9.47 Å². The Balaban J connectivity index is 1.59. The molecule has 0 aromatic heterocycles. The summed E-state index contributed by atoms with van der Waals surface area (Å²) in [6, 6.07) is 18.5. The van der Waals surface area contributed by atoms with E-state index < -0.39 is 0 Å². The van der Waals surface area contributed by atoms with Gasteiger partial charge in [-0.1, -0.05) is 62.9 Å². The molecule has 0 N–H and O–H groups in total. The largest absolute Gasteiger partial charge is 0.486 e. The molecule has 2 aromatic carbocycles. The highest BCUT2D eigenvalue weighted by molar-refractivity contribution is 5.72. The number of ether oxygens (including phenoxy) is 2. The number of rotatable bonds is 11. The summed E-state index contributed by atoms with van der Waals surface area (Å²) in [5.74, 6) is 1.22. The molecule has 1 aliphatic heterocycles. The Morgan fingerprint density at radius 2 is 1.74 bits per heavy atom. The number of esters is 1. The van der Waals surface area contributed by atoms with Crippen molar-refractivity contribution in [2.24, 2.45) is 0 Å². The van der Waals surface area contributed by atoms with Gasteiger partial charge >= 0.3 is 5.97 Å². The van der Waals surface area contributed by atoms with Crippen LogP contribution in [0.1, 0.15) is 76.4 Å². The molecule has 4 heteroatoms. The first-order chi connectivity index (χ1) is 15.2. The van der Waals surface area contributed by atoms with Crippen LogP contribution in [0.3, 0.4) is 0 Å². The predicted molar refractivity (Wildman–Crippen MR) is 126 cm³/mol. The number of benzene rings is 2. The van der Waals surface area contributed by atoms with Crippen LogP contribution in [-0.4, -0.2) is 30.5 Å². The SMILES string of the molecule is CCCCCCC(=O)Oc1ccc(OC(CC2CCCCN2C)c2ccccc2)cc1. The van der Waals surface area contributed by atoms with Gasteiger partial charge in [-0.25, -0.2) is 0 Å². The summed E-state index contributed by atoms with van der Waals surface area (Å²) < 4.78 is 11.9. The summed E-state index contributed by atoms with van der Waals surface area (Å²) in [4.78, 5) is 14.5. The molecular weight excluding hydrogens is 386 g/mol. The smallest absolute Gasteiger partial charge is 0.311 e. The van der Waals surface area contributed by atoms with E-state index >= 15 is 0 Å². The summed E-state index contributed by atoms with van der Waals surface area (Å²) in [7, 11) is 2.22. The first kappa shape index (κ1) is 23.3. The van der Waals surface area contributed by atoms with Gasteiger partial charge in [0, 0.05) is 18.9 Å². The molecule has 1 fully saturated rings. The lowest BCUT2D eigenvalue weighted by molar-refractivity contribution is -0.134. The predicted octanol–water partition coefficient (Wildman–Crippen LogP) is 6.56. The molecule has 0 radical (unpaired) electrons. The van der Waals surface area contributed by atoms with Crippen molar-refractivity contribution in [3.05, 3.63) is 60.2 Å². The van der Waals surface area contributed by atoms with Crippen molar-refractivity contribution < 1.29 is 14.3 Å². The number of carbonyl (C=O) groups excluding carboxylic acids is 1. The Morgan fingerprint density at radius 1 is 1.00 bits per heavy atom. The van der Waals surface area contributed by atoms with Gasteiger partial charge in [0.25, 0.3) is 0 Å². The minimum Gasteiger partial charge on any atom is -0.486 e. The standard InChI is InChI=1S/C27H37NO3/c1-3-4-5-9-15-27(29)31-25-18-16-24(17-19-25)30-26(22-12-7-6-8-13-22)21-23-14-10-11-20-28(23)2/h6-8,12-13,16-19,23,26H,3-5,9-11,14-15,20-21H2,1-2H3. The molecule has 1 aliphatic rings. The maximum absolute atomic E-state index is 12.0. The van der Waals surface area contributed by atoms with E-state index in [2.05, 4.69) is 43.1 Å². The third-order valence-electron chi connectivity index (χ3n) is 6.15. The van der Waals surface area contributed by atoms with Gasteiger partial charge in [0.15, 0.2) is 0 Å².